The third kappa shape index (κ3) is 3.96. The van der Waals surface area contributed by atoms with Crippen LogP contribution in [0.4, 0.5) is 0 Å². The minimum atomic E-state index is -0.936. The van der Waals surface area contributed by atoms with Crippen molar-refractivity contribution < 1.29 is 9.90 Å². The first-order valence-corrected chi connectivity index (χ1v) is 10.2. The van der Waals surface area contributed by atoms with Crippen LogP contribution in [0.3, 0.4) is 0 Å². The Morgan fingerprint density at radius 3 is 2.73 bits per heavy atom. The van der Waals surface area contributed by atoms with Gasteiger partial charge in [-0.2, -0.15) is 0 Å². The van der Waals surface area contributed by atoms with E-state index in [9.17, 15) is 9.90 Å². The van der Waals surface area contributed by atoms with E-state index in [0.717, 1.165) is 41.1 Å². The largest absolute Gasteiger partial charge is 0.478 e. The van der Waals surface area contributed by atoms with E-state index >= 15 is 0 Å². The van der Waals surface area contributed by atoms with E-state index in [-0.39, 0.29) is 5.56 Å². The Morgan fingerprint density at radius 2 is 2.03 bits per heavy atom. The molecule has 152 valence electrons. The molecular formula is C25H25N3O2. The number of imidazole rings is 1. The zero-order valence-electron chi connectivity index (χ0n) is 17.1. The molecule has 0 saturated heterocycles. The van der Waals surface area contributed by atoms with Gasteiger partial charge in [0, 0.05) is 18.7 Å². The second-order valence-corrected chi connectivity index (χ2v) is 7.60. The molecule has 5 heteroatoms. The number of carboxylic acids is 1. The topological polar surface area (TPSA) is 68.0 Å². The lowest BCUT2D eigenvalue weighted by atomic mass is 9.98. The highest BCUT2D eigenvalue weighted by molar-refractivity contribution is 5.95. The van der Waals surface area contributed by atoms with E-state index in [4.69, 9.17) is 4.98 Å². The smallest absolute Gasteiger partial charge is 0.336 e. The quantitative estimate of drug-likeness (QED) is 0.506. The Kier molecular flexibility index (Phi) is 5.61. The van der Waals surface area contributed by atoms with Gasteiger partial charge in [-0.15, -0.1) is 0 Å². The number of carboxylic acid groups (broad SMARTS) is 1. The van der Waals surface area contributed by atoms with Crippen molar-refractivity contribution in [3.63, 3.8) is 0 Å². The third-order valence-corrected chi connectivity index (χ3v) is 5.39. The molecule has 2 aromatic heterocycles. The third-order valence-electron chi connectivity index (χ3n) is 5.39. The monoisotopic (exact) mass is 399 g/mol. The second kappa shape index (κ2) is 8.49. The summed E-state index contributed by atoms with van der Waals surface area (Å²) in [6.45, 7) is 6.63. The number of pyridine rings is 1. The van der Waals surface area contributed by atoms with Crippen molar-refractivity contribution in [3.8, 4) is 0 Å². The van der Waals surface area contributed by atoms with Crippen LogP contribution in [-0.2, 0) is 6.54 Å². The maximum Gasteiger partial charge on any atom is 0.336 e. The molecule has 1 aromatic carbocycles. The van der Waals surface area contributed by atoms with Crippen LogP contribution in [0.2, 0.25) is 0 Å². The molecule has 1 aliphatic carbocycles. The molecule has 2 heterocycles. The first-order valence-electron chi connectivity index (χ1n) is 10.2. The molecule has 1 fully saturated rings. The molecule has 0 unspecified atom stereocenters. The lowest BCUT2D eigenvalue weighted by Gasteiger charge is -2.08. The standard InChI is InChI=1S/C25H25N3O2/c1-3-8-18(20-10-4-5-11-21(20)25(29)30)9-6-7-16-28-23(19-12-13-19)27-22-17(2)14-15-26-24(22)28/h3-6,8-11,14-15,19H,1,7,12-13,16H2,2H3,(H,29,30)/b9-6-,18-8+. The van der Waals surface area contributed by atoms with Crippen LogP contribution in [0.1, 0.15) is 52.5 Å². The van der Waals surface area contributed by atoms with E-state index in [1.54, 1.807) is 18.2 Å². The van der Waals surface area contributed by atoms with Gasteiger partial charge in [-0.25, -0.2) is 14.8 Å². The fourth-order valence-electron chi connectivity index (χ4n) is 3.73. The molecule has 1 N–H and O–H groups in total. The van der Waals surface area contributed by atoms with Gasteiger partial charge in [0.15, 0.2) is 5.65 Å². The number of benzene rings is 1. The highest BCUT2D eigenvalue weighted by Gasteiger charge is 2.30. The first-order chi connectivity index (χ1) is 14.6. The molecule has 4 rings (SSSR count). The SMILES string of the molecule is C=C/C=C(\C=C/CCn1c(C2CC2)nc2c(C)ccnc21)c1ccccc1C(=O)O. The average molecular weight is 399 g/mol. The Morgan fingerprint density at radius 1 is 1.27 bits per heavy atom. The number of rotatable bonds is 8. The maximum absolute atomic E-state index is 11.6. The zero-order chi connectivity index (χ0) is 21.1. The summed E-state index contributed by atoms with van der Waals surface area (Å²) >= 11 is 0. The number of aromatic nitrogens is 3. The summed E-state index contributed by atoms with van der Waals surface area (Å²) in [6, 6.07) is 9.03. The van der Waals surface area contributed by atoms with E-state index in [1.807, 2.05) is 36.5 Å². The van der Waals surface area contributed by atoms with Gasteiger partial charge in [-0.05, 0) is 55.0 Å². The number of fused-ring (bicyclic) bond motifs is 1. The molecule has 3 aromatic rings. The van der Waals surface area contributed by atoms with Crippen molar-refractivity contribution in [2.75, 3.05) is 0 Å². The summed E-state index contributed by atoms with van der Waals surface area (Å²) in [5, 5.41) is 9.50. The highest BCUT2D eigenvalue weighted by atomic mass is 16.4. The molecule has 0 bridgehead atoms. The number of hydrogen-bond donors (Lipinski definition) is 1. The van der Waals surface area contributed by atoms with Crippen molar-refractivity contribution in [3.05, 3.63) is 89.9 Å². The second-order valence-electron chi connectivity index (χ2n) is 7.60. The molecule has 30 heavy (non-hydrogen) atoms. The molecule has 0 atom stereocenters. The summed E-state index contributed by atoms with van der Waals surface area (Å²) in [5.41, 5.74) is 4.89. The Labute approximate surface area is 176 Å². The number of hydrogen-bond acceptors (Lipinski definition) is 3. The molecule has 0 amide bonds. The molecular weight excluding hydrogens is 374 g/mol. The van der Waals surface area contributed by atoms with Crippen LogP contribution in [0, 0.1) is 6.92 Å². The van der Waals surface area contributed by atoms with Gasteiger partial charge in [0.2, 0.25) is 0 Å². The van der Waals surface area contributed by atoms with Gasteiger partial charge in [0.05, 0.1) is 5.56 Å². The van der Waals surface area contributed by atoms with E-state index in [2.05, 4.69) is 29.1 Å². The number of aromatic carboxylic acids is 1. The summed E-state index contributed by atoms with van der Waals surface area (Å²) in [7, 11) is 0. The lowest BCUT2D eigenvalue weighted by Crippen LogP contribution is -2.03. The summed E-state index contributed by atoms with van der Waals surface area (Å²) in [4.78, 5) is 21.0. The van der Waals surface area contributed by atoms with Crippen molar-refractivity contribution in [2.24, 2.45) is 0 Å². The van der Waals surface area contributed by atoms with Crippen molar-refractivity contribution in [1.82, 2.24) is 14.5 Å². The maximum atomic E-state index is 11.6. The van der Waals surface area contributed by atoms with E-state index < -0.39 is 5.97 Å². The highest BCUT2D eigenvalue weighted by Crippen LogP contribution is 2.40. The minimum Gasteiger partial charge on any atom is -0.478 e. The van der Waals surface area contributed by atoms with Crippen LogP contribution < -0.4 is 0 Å². The minimum absolute atomic E-state index is 0.284. The molecule has 0 aliphatic heterocycles. The number of carbonyl (C=O) groups is 1. The fourth-order valence-corrected chi connectivity index (χ4v) is 3.73. The predicted octanol–water partition coefficient (Wildman–Crippen LogP) is 5.53. The van der Waals surface area contributed by atoms with Crippen LogP contribution in [-0.4, -0.2) is 25.6 Å². The van der Waals surface area contributed by atoms with E-state index in [1.165, 1.54) is 12.8 Å². The first kappa shape index (κ1) is 19.8. The fraction of sp³-hybridized carbons (Fsp3) is 0.240. The van der Waals surface area contributed by atoms with Crippen LogP contribution in [0.15, 0.2) is 67.4 Å². The summed E-state index contributed by atoms with van der Waals surface area (Å²) in [5.74, 6) is 0.744. The van der Waals surface area contributed by atoms with Gasteiger partial charge in [0.1, 0.15) is 11.3 Å². The summed E-state index contributed by atoms with van der Waals surface area (Å²) in [6.07, 6.45) is 12.6. The van der Waals surface area contributed by atoms with Gasteiger partial charge in [0.25, 0.3) is 0 Å². The van der Waals surface area contributed by atoms with Crippen LogP contribution in [0.25, 0.3) is 16.7 Å². The molecule has 5 nitrogen and oxygen atoms in total. The number of allylic oxidation sites excluding steroid dienone is 5. The van der Waals surface area contributed by atoms with Crippen molar-refractivity contribution in [1.29, 1.82) is 0 Å². The van der Waals surface area contributed by atoms with E-state index in [0.29, 0.717) is 11.5 Å². The Balaban J connectivity index is 1.57. The van der Waals surface area contributed by atoms with Gasteiger partial charge in [-0.3, -0.25) is 0 Å². The van der Waals surface area contributed by atoms with Crippen molar-refractivity contribution >= 4 is 22.7 Å². The Hall–Kier alpha value is -3.47. The Bertz CT molecular complexity index is 1170. The zero-order valence-corrected chi connectivity index (χ0v) is 17.1. The predicted molar refractivity (Wildman–Crippen MR) is 120 cm³/mol. The number of aryl methyl sites for hydroxylation is 2. The lowest BCUT2D eigenvalue weighted by molar-refractivity contribution is 0.0696. The summed E-state index contributed by atoms with van der Waals surface area (Å²) < 4.78 is 2.24. The molecule has 0 radical (unpaired) electrons. The number of nitrogens with zero attached hydrogens (tertiary/aromatic N) is 3. The molecule has 1 saturated carbocycles. The van der Waals surface area contributed by atoms with Crippen molar-refractivity contribution in [2.45, 2.75) is 38.6 Å². The van der Waals surface area contributed by atoms with Gasteiger partial charge >= 0.3 is 5.97 Å². The van der Waals surface area contributed by atoms with Gasteiger partial charge < -0.3 is 9.67 Å². The van der Waals surface area contributed by atoms with Crippen LogP contribution in [0.5, 0.6) is 0 Å². The average Bonchev–Trinajstić information content (AvgIpc) is 3.52. The van der Waals surface area contributed by atoms with Crippen LogP contribution >= 0.6 is 0 Å². The molecule has 0 spiro atoms. The molecule has 1 aliphatic rings. The van der Waals surface area contributed by atoms with Gasteiger partial charge in [-0.1, -0.05) is 49.1 Å². The normalized spacial score (nSPS) is 14.5.